The molecular formula is C22H14F2N2O2S. The fourth-order valence-corrected chi connectivity index (χ4v) is 3.61. The van der Waals surface area contributed by atoms with Gasteiger partial charge in [-0.15, -0.1) is 11.8 Å². The molecule has 0 fully saturated rings. The number of nitrogens with zero attached hydrogens (tertiary/aromatic N) is 2. The molecule has 0 aliphatic carbocycles. The summed E-state index contributed by atoms with van der Waals surface area (Å²) in [5, 5.41) is 18.5. The Morgan fingerprint density at radius 1 is 0.862 bits per heavy atom. The fourth-order valence-electron chi connectivity index (χ4n) is 2.62. The van der Waals surface area contributed by atoms with Gasteiger partial charge in [-0.25, -0.2) is 8.78 Å². The van der Waals surface area contributed by atoms with Crippen molar-refractivity contribution in [1.82, 2.24) is 0 Å². The first-order chi connectivity index (χ1) is 14.1. The first-order valence-electron chi connectivity index (χ1n) is 8.43. The van der Waals surface area contributed by atoms with Gasteiger partial charge in [-0.05, 0) is 17.7 Å². The third kappa shape index (κ3) is 4.16. The monoisotopic (exact) mass is 408 g/mol. The lowest BCUT2D eigenvalue weighted by atomic mass is 10.1. The van der Waals surface area contributed by atoms with E-state index in [1.54, 1.807) is 30.3 Å². The van der Waals surface area contributed by atoms with Gasteiger partial charge in [0, 0.05) is 5.75 Å². The Morgan fingerprint density at radius 3 is 2.07 bits per heavy atom. The van der Waals surface area contributed by atoms with E-state index in [9.17, 15) is 10.5 Å². The quantitative estimate of drug-likeness (QED) is 0.482. The molecule has 29 heavy (non-hydrogen) atoms. The summed E-state index contributed by atoms with van der Waals surface area (Å²) in [6, 6.07) is 18.8. The van der Waals surface area contributed by atoms with Gasteiger partial charge in [0.15, 0.2) is 28.9 Å². The summed E-state index contributed by atoms with van der Waals surface area (Å²) in [6.07, 6.45) is 0. The molecule has 3 aromatic rings. The molecule has 3 rings (SSSR count). The van der Waals surface area contributed by atoms with E-state index < -0.39 is 28.5 Å². The Balaban J connectivity index is 2.12. The van der Waals surface area contributed by atoms with E-state index in [0.29, 0.717) is 11.5 Å². The number of para-hydroxylation sites is 2. The lowest BCUT2D eigenvalue weighted by Crippen LogP contribution is -2.03. The molecule has 0 aliphatic rings. The number of nitriles is 2. The van der Waals surface area contributed by atoms with Crippen molar-refractivity contribution in [3.8, 4) is 29.4 Å². The summed E-state index contributed by atoms with van der Waals surface area (Å²) >= 11 is 0.981. The Morgan fingerprint density at radius 2 is 1.45 bits per heavy atom. The molecule has 0 spiro atoms. The molecule has 0 N–H and O–H groups in total. The fraction of sp³-hybridized carbons (Fsp3) is 0.0909. The zero-order valence-electron chi connectivity index (χ0n) is 15.3. The van der Waals surface area contributed by atoms with Crippen molar-refractivity contribution in [3.63, 3.8) is 0 Å². The van der Waals surface area contributed by atoms with Crippen LogP contribution in [0.25, 0.3) is 0 Å². The average Bonchev–Trinajstić information content (AvgIpc) is 2.76. The summed E-state index contributed by atoms with van der Waals surface area (Å²) in [4.78, 5) is -0.187. The van der Waals surface area contributed by atoms with Crippen molar-refractivity contribution in [1.29, 1.82) is 10.5 Å². The van der Waals surface area contributed by atoms with Crippen molar-refractivity contribution in [2.45, 2.75) is 10.6 Å². The van der Waals surface area contributed by atoms with Crippen LogP contribution in [0.5, 0.6) is 17.2 Å². The third-order valence-electron chi connectivity index (χ3n) is 4.02. The summed E-state index contributed by atoms with van der Waals surface area (Å²) in [6.45, 7) is 0. The highest BCUT2D eigenvalue weighted by molar-refractivity contribution is 7.98. The number of halogens is 2. The van der Waals surface area contributed by atoms with Crippen LogP contribution in [0.1, 0.15) is 16.7 Å². The first kappa shape index (κ1) is 20.2. The topological polar surface area (TPSA) is 66.0 Å². The lowest BCUT2D eigenvalue weighted by molar-refractivity contribution is 0.363. The molecule has 3 aromatic carbocycles. The van der Waals surface area contributed by atoms with Gasteiger partial charge in [0.2, 0.25) is 0 Å². The molecule has 0 unspecified atom stereocenters. The van der Waals surface area contributed by atoms with Crippen molar-refractivity contribution >= 4 is 11.8 Å². The molecular weight excluding hydrogens is 394 g/mol. The van der Waals surface area contributed by atoms with E-state index in [0.717, 1.165) is 17.3 Å². The molecule has 7 heteroatoms. The van der Waals surface area contributed by atoms with Crippen LogP contribution in [0.3, 0.4) is 0 Å². The predicted molar refractivity (Wildman–Crippen MR) is 105 cm³/mol. The van der Waals surface area contributed by atoms with Crippen LogP contribution in [-0.2, 0) is 5.75 Å². The molecule has 4 nitrogen and oxygen atoms in total. The highest BCUT2D eigenvalue weighted by Gasteiger charge is 2.27. The second-order valence-corrected chi connectivity index (χ2v) is 6.77. The second-order valence-electron chi connectivity index (χ2n) is 5.79. The maximum atomic E-state index is 15.1. The first-order valence-corrected chi connectivity index (χ1v) is 9.42. The zero-order chi connectivity index (χ0) is 20.8. The molecule has 0 bridgehead atoms. The number of benzene rings is 3. The van der Waals surface area contributed by atoms with Gasteiger partial charge in [0.1, 0.15) is 23.3 Å². The lowest BCUT2D eigenvalue weighted by Gasteiger charge is -2.16. The SMILES string of the molecule is COc1ccccc1Oc1c(F)c(C#N)c(C#N)c(F)c1SCc1ccccc1. The molecule has 0 aromatic heterocycles. The number of rotatable bonds is 6. The predicted octanol–water partition coefficient (Wildman–Crippen LogP) is 5.80. The number of hydrogen-bond acceptors (Lipinski definition) is 5. The molecule has 0 atom stereocenters. The molecule has 0 amide bonds. The third-order valence-corrected chi connectivity index (χ3v) is 5.16. The number of ether oxygens (including phenoxy) is 2. The standard InChI is InChI=1S/C22H14F2N2O2S/c1-27-17-9-5-6-10-18(17)28-21-19(23)15(11-25)16(12-26)20(24)22(21)29-13-14-7-3-2-4-8-14/h2-10H,13H2,1H3. The minimum absolute atomic E-state index is 0.156. The van der Waals surface area contributed by atoms with Crippen molar-refractivity contribution in [3.05, 3.63) is 82.9 Å². The highest BCUT2D eigenvalue weighted by Crippen LogP contribution is 2.43. The molecule has 144 valence electrons. The van der Waals surface area contributed by atoms with Crippen LogP contribution in [0.4, 0.5) is 8.78 Å². The Kier molecular flexibility index (Phi) is 6.33. The van der Waals surface area contributed by atoms with Gasteiger partial charge in [-0.2, -0.15) is 10.5 Å². The summed E-state index contributed by atoms with van der Waals surface area (Å²) in [5.41, 5.74) is -0.463. The maximum absolute atomic E-state index is 15.1. The van der Waals surface area contributed by atoms with Gasteiger partial charge < -0.3 is 9.47 Å². The normalized spacial score (nSPS) is 10.1. The van der Waals surface area contributed by atoms with Crippen LogP contribution in [0, 0.1) is 34.3 Å². The molecule has 0 heterocycles. The Labute approximate surface area is 170 Å². The van der Waals surface area contributed by atoms with Crippen molar-refractivity contribution in [2.24, 2.45) is 0 Å². The number of methoxy groups -OCH3 is 1. The van der Waals surface area contributed by atoms with E-state index in [2.05, 4.69) is 0 Å². The zero-order valence-corrected chi connectivity index (χ0v) is 16.1. The Bertz CT molecular complexity index is 1120. The smallest absolute Gasteiger partial charge is 0.186 e. The van der Waals surface area contributed by atoms with Gasteiger partial charge in [-0.1, -0.05) is 42.5 Å². The van der Waals surface area contributed by atoms with Crippen LogP contribution >= 0.6 is 11.8 Å². The van der Waals surface area contributed by atoms with E-state index in [1.165, 1.54) is 13.2 Å². The van der Waals surface area contributed by atoms with Gasteiger partial charge in [-0.3, -0.25) is 0 Å². The molecule has 0 saturated carbocycles. The van der Waals surface area contributed by atoms with Crippen LogP contribution in [0.2, 0.25) is 0 Å². The van der Waals surface area contributed by atoms with Crippen molar-refractivity contribution < 1.29 is 18.3 Å². The second kappa shape index (κ2) is 9.09. The van der Waals surface area contributed by atoms with Gasteiger partial charge in [0.25, 0.3) is 0 Å². The van der Waals surface area contributed by atoms with E-state index in [1.807, 2.05) is 30.3 Å². The van der Waals surface area contributed by atoms with E-state index in [-0.39, 0.29) is 10.6 Å². The molecule has 0 aliphatic heterocycles. The van der Waals surface area contributed by atoms with Gasteiger partial charge in [0.05, 0.1) is 12.0 Å². The minimum atomic E-state index is -1.09. The molecule has 0 radical (unpaired) electrons. The number of thioether (sulfide) groups is 1. The van der Waals surface area contributed by atoms with E-state index >= 15 is 8.78 Å². The summed E-state index contributed by atoms with van der Waals surface area (Å²) in [5.74, 6) is -1.75. The van der Waals surface area contributed by atoms with Crippen molar-refractivity contribution in [2.75, 3.05) is 7.11 Å². The van der Waals surface area contributed by atoms with Crippen LogP contribution < -0.4 is 9.47 Å². The summed E-state index contributed by atoms with van der Waals surface area (Å²) in [7, 11) is 1.42. The summed E-state index contributed by atoms with van der Waals surface area (Å²) < 4.78 is 41.0. The van der Waals surface area contributed by atoms with Gasteiger partial charge >= 0.3 is 0 Å². The van der Waals surface area contributed by atoms with Crippen LogP contribution in [0.15, 0.2) is 59.5 Å². The largest absolute Gasteiger partial charge is 0.493 e. The minimum Gasteiger partial charge on any atom is -0.493 e. The maximum Gasteiger partial charge on any atom is 0.186 e. The highest BCUT2D eigenvalue weighted by atomic mass is 32.2. The van der Waals surface area contributed by atoms with Crippen LogP contribution in [-0.4, -0.2) is 7.11 Å². The average molecular weight is 408 g/mol. The molecule has 0 saturated heterocycles. The van der Waals surface area contributed by atoms with E-state index in [4.69, 9.17) is 9.47 Å². The number of hydrogen-bond donors (Lipinski definition) is 0. The Hall–Kier alpha value is -3.55.